The maximum Gasteiger partial charge on any atom is 0.408 e. The number of halogens is 1. The Morgan fingerprint density at radius 3 is 2.31 bits per heavy atom. The summed E-state index contributed by atoms with van der Waals surface area (Å²) in [5.74, 6) is 2.23. The standard InChI is InChI=1S/C35H45ClNO6PS/c1-7-20-35(22-23-44(39,40-5)41-6,37-33(38)43-34(2,3)4)21-12-15-28-18-19-31(25-32(28)36)45-30-17-11-16-29(24-30)42-26-27-13-9-8-10-14-27/h8-11,13-14,16-19,22-25H,7,12,15,20-21,26H2,1-6H3,(H,37,38). The summed E-state index contributed by atoms with van der Waals surface area (Å²) in [7, 11) is -0.781. The first-order valence-electron chi connectivity index (χ1n) is 15.0. The summed E-state index contributed by atoms with van der Waals surface area (Å²) < 4.78 is 34.6. The van der Waals surface area contributed by atoms with Gasteiger partial charge in [-0.15, -0.1) is 0 Å². The monoisotopic (exact) mass is 673 g/mol. The van der Waals surface area contributed by atoms with E-state index in [1.807, 2.05) is 94.4 Å². The molecule has 0 saturated heterocycles. The molecule has 1 amide bonds. The van der Waals surface area contributed by atoms with Gasteiger partial charge in [0, 0.05) is 34.9 Å². The van der Waals surface area contributed by atoms with Crippen molar-refractivity contribution in [2.24, 2.45) is 0 Å². The molecule has 45 heavy (non-hydrogen) atoms. The van der Waals surface area contributed by atoms with E-state index in [9.17, 15) is 9.36 Å². The van der Waals surface area contributed by atoms with Crippen LogP contribution in [0.2, 0.25) is 5.02 Å². The molecule has 0 saturated carbocycles. The summed E-state index contributed by atoms with van der Waals surface area (Å²) in [4.78, 5) is 15.0. The highest BCUT2D eigenvalue weighted by Gasteiger charge is 2.32. The van der Waals surface area contributed by atoms with Crippen LogP contribution in [-0.4, -0.2) is 31.5 Å². The molecule has 0 aromatic heterocycles. The zero-order valence-corrected chi connectivity index (χ0v) is 29.5. The number of hydrogen-bond donors (Lipinski definition) is 1. The van der Waals surface area contributed by atoms with E-state index < -0.39 is 24.8 Å². The first kappa shape index (κ1) is 36.7. The Morgan fingerprint density at radius 2 is 1.67 bits per heavy atom. The molecule has 0 aliphatic heterocycles. The number of carbonyl (C=O) groups is 1. The minimum Gasteiger partial charge on any atom is -0.489 e. The van der Waals surface area contributed by atoms with Crippen molar-refractivity contribution < 1.29 is 27.9 Å². The van der Waals surface area contributed by atoms with E-state index >= 15 is 0 Å². The Bertz CT molecular complexity index is 1450. The van der Waals surface area contributed by atoms with Crippen molar-refractivity contribution >= 4 is 37.1 Å². The van der Waals surface area contributed by atoms with Crippen molar-refractivity contribution in [3.63, 3.8) is 0 Å². The van der Waals surface area contributed by atoms with E-state index in [1.54, 1.807) is 17.8 Å². The summed E-state index contributed by atoms with van der Waals surface area (Å²) in [6.45, 7) is 7.98. The molecular weight excluding hydrogens is 629 g/mol. The number of rotatable bonds is 16. The number of hydrogen-bond acceptors (Lipinski definition) is 7. The second-order valence-corrected chi connectivity index (χ2v) is 15.4. The van der Waals surface area contributed by atoms with Crippen LogP contribution in [0.15, 0.2) is 94.5 Å². The van der Waals surface area contributed by atoms with Gasteiger partial charge in [0.2, 0.25) is 0 Å². The molecule has 1 atom stereocenters. The minimum atomic E-state index is -3.44. The Labute approximate surface area is 277 Å². The molecule has 0 aliphatic carbocycles. The van der Waals surface area contributed by atoms with E-state index in [0.29, 0.717) is 37.3 Å². The Morgan fingerprint density at radius 1 is 0.956 bits per heavy atom. The van der Waals surface area contributed by atoms with Crippen LogP contribution in [0, 0.1) is 0 Å². The average Bonchev–Trinajstić information content (AvgIpc) is 3.00. The fourth-order valence-electron chi connectivity index (χ4n) is 4.73. The summed E-state index contributed by atoms with van der Waals surface area (Å²) in [6.07, 6.45) is 4.52. The first-order chi connectivity index (χ1) is 21.4. The molecule has 0 heterocycles. The lowest BCUT2D eigenvalue weighted by Gasteiger charge is -2.33. The van der Waals surface area contributed by atoms with Gasteiger partial charge >= 0.3 is 13.7 Å². The van der Waals surface area contributed by atoms with Crippen LogP contribution < -0.4 is 10.1 Å². The molecule has 0 bridgehead atoms. The molecule has 10 heteroatoms. The zero-order valence-electron chi connectivity index (χ0n) is 27.0. The third-order valence-electron chi connectivity index (χ3n) is 6.91. The van der Waals surface area contributed by atoms with E-state index in [1.165, 1.54) is 20.0 Å². The van der Waals surface area contributed by atoms with Gasteiger partial charge < -0.3 is 23.8 Å². The van der Waals surface area contributed by atoms with Gasteiger partial charge in [-0.05, 0) is 87.9 Å². The number of carbonyl (C=O) groups excluding carboxylic acids is 1. The van der Waals surface area contributed by atoms with Gasteiger partial charge in [-0.2, -0.15) is 0 Å². The number of aryl methyl sites for hydroxylation is 1. The predicted molar refractivity (Wildman–Crippen MR) is 184 cm³/mol. The lowest BCUT2D eigenvalue weighted by molar-refractivity contribution is 0.0467. The molecule has 0 aliphatic rings. The van der Waals surface area contributed by atoms with Gasteiger partial charge in [0.05, 0.1) is 5.54 Å². The van der Waals surface area contributed by atoms with Crippen molar-refractivity contribution in [2.45, 2.75) is 87.3 Å². The van der Waals surface area contributed by atoms with Crippen LogP contribution in [0.25, 0.3) is 0 Å². The van der Waals surface area contributed by atoms with Crippen LogP contribution in [0.4, 0.5) is 4.79 Å². The van der Waals surface area contributed by atoms with Crippen molar-refractivity contribution in [1.82, 2.24) is 5.32 Å². The molecule has 7 nitrogen and oxygen atoms in total. The van der Waals surface area contributed by atoms with Crippen LogP contribution in [0.5, 0.6) is 5.75 Å². The Hall–Kier alpha value is -2.74. The largest absolute Gasteiger partial charge is 0.489 e. The van der Waals surface area contributed by atoms with Crippen LogP contribution in [0.3, 0.4) is 0 Å². The quantitative estimate of drug-likeness (QED) is 0.151. The van der Waals surface area contributed by atoms with E-state index in [4.69, 9.17) is 30.1 Å². The normalized spacial score (nSPS) is 13.4. The molecule has 0 spiro atoms. The summed E-state index contributed by atoms with van der Waals surface area (Å²) in [5, 5.41) is 3.72. The summed E-state index contributed by atoms with van der Waals surface area (Å²) >= 11 is 8.38. The van der Waals surface area contributed by atoms with Crippen LogP contribution in [-0.2, 0) is 31.4 Å². The minimum absolute atomic E-state index is 0.510. The van der Waals surface area contributed by atoms with E-state index in [-0.39, 0.29) is 0 Å². The maximum absolute atomic E-state index is 12.9. The number of nitrogens with one attached hydrogen (secondary N) is 1. The molecule has 244 valence electrons. The molecule has 3 rings (SSSR count). The second kappa shape index (κ2) is 17.3. The maximum atomic E-state index is 12.9. The number of amides is 1. The second-order valence-electron chi connectivity index (χ2n) is 11.7. The third-order valence-corrected chi connectivity index (χ3v) is 9.78. The SMILES string of the molecule is CCCC(C=CP(=O)(OC)OC)(CCCc1ccc(Sc2cccc(OCc3ccccc3)c2)cc1Cl)NC(=O)OC(C)(C)C. The summed E-state index contributed by atoms with van der Waals surface area (Å²) in [5.41, 5.74) is 0.641. The number of ether oxygens (including phenoxy) is 2. The van der Waals surface area contributed by atoms with Crippen molar-refractivity contribution in [1.29, 1.82) is 0 Å². The van der Waals surface area contributed by atoms with Crippen LogP contribution in [0.1, 0.15) is 64.5 Å². The van der Waals surface area contributed by atoms with Crippen molar-refractivity contribution in [3.8, 4) is 5.75 Å². The summed E-state index contributed by atoms with van der Waals surface area (Å²) in [6, 6.07) is 24.2. The van der Waals surface area contributed by atoms with Gasteiger partial charge in [-0.25, -0.2) is 4.79 Å². The zero-order chi connectivity index (χ0) is 32.9. The third kappa shape index (κ3) is 12.5. The molecule has 3 aromatic carbocycles. The average molecular weight is 674 g/mol. The van der Waals surface area contributed by atoms with E-state index in [0.717, 1.165) is 33.1 Å². The fourth-order valence-corrected chi connectivity index (χ4v) is 6.84. The molecule has 1 N–H and O–H groups in total. The highest BCUT2D eigenvalue weighted by Crippen LogP contribution is 2.48. The molecule has 3 aromatic rings. The Balaban J connectivity index is 1.69. The topological polar surface area (TPSA) is 83.1 Å². The first-order valence-corrected chi connectivity index (χ1v) is 17.8. The fraction of sp³-hybridized carbons (Fsp3) is 0.400. The highest BCUT2D eigenvalue weighted by molar-refractivity contribution is 7.99. The number of alkyl carbamates (subject to hydrolysis) is 1. The van der Waals surface area contributed by atoms with Crippen molar-refractivity contribution in [2.75, 3.05) is 14.2 Å². The van der Waals surface area contributed by atoms with Gasteiger partial charge in [0.1, 0.15) is 18.0 Å². The smallest absolute Gasteiger partial charge is 0.408 e. The van der Waals surface area contributed by atoms with Crippen molar-refractivity contribution in [3.05, 3.63) is 101 Å². The molecular formula is C35H45ClNO6PS. The van der Waals surface area contributed by atoms with Crippen LogP contribution >= 0.6 is 31.0 Å². The van der Waals surface area contributed by atoms with Gasteiger partial charge in [-0.1, -0.05) is 85.2 Å². The van der Waals surface area contributed by atoms with Gasteiger partial charge in [0.25, 0.3) is 0 Å². The lowest BCUT2D eigenvalue weighted by atomic mass is 9.87. The highest BCUT2D eigenvalue weighted by atomic mass is 35.5. The van der Waals surface area contributed by atoms with Gasteiger partial charge in [0.15, 0.2) is 0 Å². The molecule has 0 fully saturated rings. The number of benzene rings is 3. The van der Waals surface area contributed by atoms with Gasteiger partial charge in [-0.3, -0.25) is 4.57 Å². The lowest BCUT2D eigenvalue weighted by Crippen LogP contribution is -2.48. The molecule has 0 radical (unpaired) electrons. The van der Waals surface area contributed by atoms with E-state index in [2.05, 4.69) is 11.4 Å². The molecule has 1 unspecified atom stereocenters. The predicted octanol–water partition coefficient (Wildman–Crippen LogP) is 10.5. The Kier molecular flexibility index (Phi) is 14.1.